The Morgan fingerprint density at radius 3 is 2.62 bits per heavy atom. The number of nitrogens with one attached hydrogen (secondary N) is 1. The fraction of sp³-hybridized carbons (Fsp3) is 0.0588. The molecule has 0 aliphatic carbocycles. The number of amides is 1. The summed E-state index contributed by atoms with van der Waals surface area (Å²) in [4.78, 5) is 27.8. The molecule has 0 radical (unpaired) electrons. The van der Waals surface area contributed by atoms with Gasteiger partial charge in [0.15, 0.2) is 0 Å². The SMILES string of the molecule is O=C(Cn1nc(-c2ccc(F)cc2)ccc1=O)Nc1cccnc1. The highest BCUT2D eigenvalue weighted by Crippen LogP contribution is 2.15. The van der Waals surface area contributed by atoms with Gasteiger partial charge >= 0.3 is 0 Å². The molecule has 0 aliphatic rings. The summed E-state index contributed by atoms with van der Waals surface area (Å²) in [6, 6.07) is 12.0. The van der Waals surface area contributed by atoms with Crippen molar-refractivity contribution in [2.45, 2.75) is 6.54 Å². The van der Waals surface area contributed by atoms with Crippen LogP contribution >= 0.6 is 0 Å². The molecule has 2 aromatic heterocycles. The van der Waals surface area contributed by atoms with Crippen molar-refractivity contribution in [3.05, 3.63) is 77.1 Å². The zero-order chi connectivity index (χ0) is 16.9. The Labute approximate surface area is 136 Å². The first-order chi connectivity index (χ1) is 11.6. The van der Waals surface area contributed by atoms with Gasteiger partial charge in [-0.25, -0.2) is 9.07 Å². The van der Waals surface area contributed by atoms with Gasteiger partial charge < -0.3 is 5.32 Å². The van der Waals surface area contributed by atoms with Crippen LogP contribution in [0.15, 0.2) is 65.7 Å². The lowest BCUT2D eigenvalue weighted by Gasteiger charge is -2.08. The van der Waals surface area contributed by atoms with Crippen LogP contribution in [0, 0.1) is 5.82 Å². The van der Waals surface area contributed by atoms with Gasteiger partial charge in [-0.3, -0.25) is 14.6 Å². The van der Waals surface area contributed by atoms with Gasteiger partial charge in [-0.05, 0) is 42.5 Å². The summed E-state index contributed by atoms with van der Waals surface area (Å²) in [6.07, 6.45) is 3.09. The molecule has 0 bridgehead atoms. The Balaban J connectivity index is 1.80. The Hall–Kier alpha value is -3.35. The molecule has 0 saturated heterocycles. The van der Waals surface area contributed by atoms with Crippen LogP contribution < -0.4 is 10.9 Å². The van der Waals surface area contributed by atoms with E-state index in [1.807, 2.05) is 0 Å². The highest BCUT2D eigenvalue weighted by molar-refractivity contribution is 5.90. The van der Waals surface area contributed by atoms with Gasteiger partial charge in [0.1, 0.15) is 12.4 Å². The number of carbonyl (C=O) groups is 1. The maximum absolute atomic E-state index is 13.0. The monoisotopic (exact) mass is 324 g/mol. The third-order valence-electron chi connectivity index (χ3n) is 3.25. The first-order valence-corrected chi connectivity index (χ1v) is 7.16. The standard InChI is InChI=1S/C17H13FN4O2/c18-13-5-3-12(4-6-13)15-7-8-17(24)22(21-15)11-16(23)20-14-2-1-9-19-10-14/h1-10H,11H2,(H,20,23). The predicted octanol–water partition coefficient (Wildman–Crippen LogP) is 2.08. The van der Waals surface area contributed by atoms with Crippen LogP contribution in [-0.4, -0.2) is 20.7 Å². The molecule has 1 amide bonds. The number of nitrogens with zero attached hydrogens (tertiary/aromatic N) is 3. The summed E-state index contributed by atoms with van der Waals surface area (Å²) in [6.45, 7) is -0.233. The molecule has 0 saturated carbocycles. The molecular formula is C17H13FN4O2. The number of anilines is 1. The molecule has 1 aromatic carbocycles. The average molecular weight is 324 g/mol. The highest BCUT2D eigenvalue weighted by Gasteiger charge is 2.08. The quantitative estimate of drug-likeness (QED) is 0.797. The van der Waals surface area contributed by atoms with Crippen molar-refractivity contribution in [3.8, 4) is 11.3 Å². The number of hydrogen-bond donors (Lipinski definition) is 1. The van der Waals surface area contributed by atoms with E-state index in [-0.39, 0.29) is 12.4 Å². The summed E-state index contributed by atoms with van der Waals surface area (Å²) >= 11 is 0. The predicted molar refractivity (Wildman–Crippen MR) is 86.8 cm³/mol. The molecule has 0 spiro atoms. The second-order valence-corrected chi connectivity index (χ2v) is 5.01. The fourth-order valence-electron chi connectivity index (χ4n) is 2.11. The maximum atomic E-state index is 13.0. The van der Waals surface area contributed by atoms with Crippen LogP contribution in [0.2, 0.25) is 0 Å². The first-order valence-electron chi connectivity index (χ1n) is 7.16. The van der Waals surface area contributed by atoms with E-state index in [0.717, 1.165) is 4.68 Å². The Morgan fingerprint density at radius 1 is 1.12 bits per heavy atom. The van der Waals surface area contributed by atoms with Gasteiger partial charge in [0.2, 0.25) is 5.91 Å². The molecule has 120 valence electrons. The van der Waals surface area contributed by atoms with Crippen LogP contribution in [-0.2, 0) is 11.3 Å². The molecule has 3 aromatic rings. The normalized spacial score (nSPS) is 10.4. The third kappa shape index (κ3) is 3.70. The number of carbonyl (C=O) groups excluding carboxylic acids is 1. The van der Waals surface area contributed by atoms with Crippen LogP contribution in [0.1, 0.15) is 0 Å². The molecule has 7 heteroatoms. The molecule has 1 N–H and O–H groups in total. The molecule has 2 heterocycles. The number of rotatable bonds is 4. The molecule has 0 atom stereocenters. The first kappa shape index (κ1) is 15.5. The third-order valence-corrected chi connectivity index (χ3v) is 3.25. The summed E-state index contributed by atoms with van der Waals surface area (Å²) in [5, 5.41) is 6.79. The lowest BCUT2D eigenvalue weighted by molar-refractivity contribution is -0.117. The van der Waals surface area contributed by atoms with Crippen LogP contribution in [0.4, 0.5) is 10.1 Å². The molecule has 0 fully saturated rings. The molecule has 0 aliphatic heterocycles. The molecule has 24 heavy (non-hydrogen) atoms. The van der Waals surface area contributed by atoms with Gasteiger partial charge in [-0.2, -0.15) is 5.10 Å². The lowest BCUT2D eigenvalue weighted by Crippen LogP contribution is -2.29. The molecule has 6 nitrogen and oxygen atoms in total. The summed E-state index contributed by atoms with van der Waals surface area (Å²) in [7, 11) is 0. The Kier molecular flexibility index (Phi) is 4.42. The molecule has 0 unspecified atom stereocenters. The van der Waals surface area contributed by atoms with E-state index in [1.54, 1.807) is 30.5 Å². The van der Waals surface area contributed by atoms with Crippen molar-refractivity contribution in [3.63, 3.8) is 0 Å². The topological polar surface area (TPSA) is 76.9 Å². The van der Waals surface area contributed by atoms with E-state index < -0.39 is 11.5 Å². The van der Waals surface area contributed by atoms with Crippen molar-refractivity contribution < 1.29 is 9.18 Å². The fourth-order valence-corrected chi connectivity index (χ4v) is 2.11. The number of benzene rings is 1. The zero-order valence-corrected chi connectivity index (χ0v) is 12.5. The zero-order valence-electron chi connectivity index (χ0n) is 12.5. The van der Waals surface area contributed by atoms with Gasteiger partial charge in [-0.1, -0.05) is 0 Å². The number of halogens is 1. The lowest BCUT2D eigenvalue weighted by atomic mass is 10.1. The van der Waals surface area contributed by atoms with Gasteiger partial charge in [0, 0.05) is 17.8 Å². The summed E-state index contributed by atoms with van der Waals surface area (Å²) < 4.78 is 14.1. The largest absolute Gasteiger partial charge is 0.323 e. The van der Waals surface area contributed by atoms with Crippen molar-refractivity contribution in [1.82, 2.24) is 14.8 Å². The van der Waals surface area contributed by atoms with Crippen LogP contribution in [0.25, 0.3) is 11.3 Å². The molecule has 3 rings (SSSR count). The summed E-state index contributed by atoms with van der Waals surface area (Å²) in [5.74, 6) is -0.753. The number of aromatic nitrogens is 3. The molecular weight excluding hydrogens is 311 g/mol. The van der Waals surface area contributed by atoms with Gasteiger partial charge in [-0.15, -0.1) is 0 Å². The van der Waals surface area contributed by atoms with Crippen molar-refractivity contribution in [2.24, 2.45) is 0 Å². The minimum absolute atomic E-state index is 0.233. The van der Waals surface area contributed by atoms with Gasteiger partial charge in [0.25, 0.3) is 5.56 Å². The van der Waals surface area contributed by atoms with Crippen molar-refractivity contribution in [1.29, 1.82) is 0 Å². The Bertz CT molecular complexity index is 908. The maximum Gasteiger partial charge on any atom is 0.267 e. The minimum Gasteiger partial charge on any atom is -0.323 e. The van der Waals surface area contributed by atoms with Crippen LogP contribution in [0.5, 0.6) is 0 Å². The summed E-state index contributed by atoms with van der Waals surface area (Å²) in [5.41, 5.74) is 1.26. The second kappa shape index (κ2) is 6.82. The van der Waals surface area contributed by atoms with Crippen LogP contribution in [0.3, 0.4) is 0 Å². The number of pyridine rings is 1. The number of hydrogen-bond acceptors (Lipinski definition) is 4. The minimum atomic E-state index is -0.401. The average Bonchev–Trinajstić information content (AvgIpc) is 2.58. The highest BCUT2D eigenvalue weighted by atomic mass is 19.1. The smallest absolute Gasteiger partial charge is 0.267 e. The van der Waals surface area contributed by atoms with E-state index in [0.29, 0.717) is 16.9 Å². The Morgan fingerprint density at radius 2 is 1.92 bits per heavy atom. The van der Waals surface area contributed by atoms with Crippen molar-refractivity contribution in [2.75, 3.05) is 5.32 Å². The van der Waals surface area contributed by atoms with E-state index in [2.05, 4.69) is 15.4 Å². The van der Waals surface area contributed by atoms with E-state index in [1.165, 1.54) is 30.5 Å². The van der Waals surface area contributed by atoms with E-state index in [9.17, 15) is 14.0 Å². The second-order valence-electron chi connectivity index (χ2n) is 5.01. The van der Waals surface area contributed by atoms with Crippen molar-refractivity contribution >= 4 is 11.6 Å². The van der Waals surface area contributed by atoms with E-state index in [4.69, 9.17) is 0 Å². The van der Waals surface area contributed by atoms with E-state index >= 15 is 0 Å². The van der Waals surface area contributed by atoms with Gasteiger partial charge in [0.05, 0.1) is 17.6 Å².